The maximum absolute atomic E-state index is 5.77. The molecule has 2 heterocycles. The zero-order valence-corrected chi connectivity index (χ0v) is 9.29. The first-order valence-electron chi connectivity index (χ1n) is 5.19. The lowest BCUT2D eigenvalue weighted by Gasteiger charge is -2.09. The molecule has 84 valence electrons. The predicted octanol–water partition coefficient (Wildman–Crippen LogP) is 1.58. The van der Waals surface area contributed by atoms with E-state index in [-0.39, 0.29) is 12.0 Å². The highest BCUT2D eigenvalue weighted by Gasteiger charge is 2.18. The van der Waals surface area contributed by atoms with Crippen LogP contribution in [0.1, 0.15) is 25.7 Å². The molecule has 2 aromatic heterocycles. The van der Waals surface area contributed by atoms with Crippen LogP contribution in [0, 0.1) is 0 Å². The fourth-order valence-corrected chi connectivity index (χ4v) is 1.24. The first-order chi connectivity index (χ1) is 7.68. The largest absolute Gasteiger partial charge is 0.339 e. The third kappa shape index (κ3) is 2.09. The Kier molecular flexibility index (Phi) is 2.96. The maximum Gasteiger partial charge on any atom is 0.231 e. The molecular weight excluding hydrogens is 204 g/mol. The van der Waals surface area contributed by atoms with Crippen LogP contribution in [0.3, 0.4) is 0 Å². The number of hydrogen-bond acceptors (Lipinski definition) is 5. The monoisotopic (exact) mass is 218 g/mol. The van der Waals surface area contributed by atoms with Crippen molar-refractivity contribution in [2.45, 2.75) is 25.8 Å². The van der Waals surface area contributed by atoms with Crippen molar-refractivity contribution in [3.8, 4) is 11.5 Å². The van der Waals surface area contributed by atoms with E-state index in [1.54, 1.807) is 6.20 Å². The van der Waals surface area contributed by atoms with Gasteiger partial charge in [-0.05, 0) is 19.1 Å². The Morgan fingerprint density at radius 1 is 1.31 bits per heavy atom. The molecule has 0 aromatic carbocycles. The fourth-order valence-electron chi connectivity index (χ4n) is 1.24. The van der Waals surface area contributed by atoms with Gasteiger partial charge >= 0.3 is 0 Å². The summed E-state index contributed by atoms with van der Waals surface area (Å²) in [6.07, 6.45) is 1.69. The van der Waals surface area contributed by atoms with Crippen LogP contribution in [0.5, 0.6) is 0 Å². The molecule has 2 rings (SSSR count). The Morgan fingerprint density at radius 2 is 2.12 bits per heavy atom. The van der Waals surface area contributed by atoms with Crippen LogP contribution >= 0.6 is 0 Å². The highest BCUT2D eigenvalue weighted by Crippen LogP contribution is 2.19. The molecule has 5 heteroatoms. The zero-order valence-electron chi connectivity index (χ0n) is 9.29. The Labute approximate surface area is 93.7 Å². The summed E-state index contributed by atoms with van der Waals surface area (Å²) >= 11 is 0. The number of aromatic nitrogens is 3. The van der Waals surface area contributed by atoms with Crippen LogP contribution in [-0.4, -0.2) is 21.2 Å². The Balaban J connectivity index is 2.27. The average molecular weight is 218 g/mol. The van der Waals surface area contributed by atoms with Crippen LogP contribution in [0.15, 0.2) is 28.9 Å². The summed E-state index contributed by atoms with van der Waals surface area (Å²) in [5.74, 6) is 1.10. The third-order valence-electron chi connectivity index (χ3n) is 2.51. The SMILES string of the molecule is CC(N)C(C)c1nc(-c2ccccn2)no1. The lowest BCUT2D eigenvalue weighted by Crippen LogP contribution is -2.22. The van der Waals surface area contributed by atoms with Gasteiger partial charge in [0.25, 0.3) is 0 Å². The molecule has 16 heavy (non-hydrogen) atoms. The first-order valence-corrected chi connectivity index (χ1v) is 5.19. The number of pyridine rings is 1. The van der Waals surface area contributed by atoms with E-state index >= 15 is 0 Å². The van der Waals surface area contributed by atoms with Crippen LogP contribution in [-0.2, 0) is 0 Å². The van der Waals surface area contributed by atoms with Crippen molar-refractivity contribution in [2.24, 2.45) is 5.73 Å². The smallest absolute Gasteiger partial charge is 0.231 e. The molecule has 0 aliphatic rings. The minimum atomic E-state index is -0.0166. The van der Waals surface area contributed by atoms with Gasteiger partial charge in [-0.1, -0.05) is 18.1 Å². The molecule has 0 aliphatic carbocycles. The number of nitrogens with two attached hydrogens (primary N) is 1. The van der Waals surface area contributed by atoms with E-state index in [1.165, 1.54) is 0 Å². The van der Waals surface area contributed by atoms with Crippen LogP contribution in [0.25, 0.3) is 11.5 Å². The van der Waals surface area contributed by atoms with E-state index in [0.29, 0.717) is 17.4 Å². The highest BCUT2D eigenvalue weighted by molar-refractivity contribution is 5.47. The molecule has 0 aliphatic heterocycles. The maximum atomic E-state index is 5.77. The van der Waals surface area contributed by atoms with Gasteiger partial charge in [0.1, 0.15) is 5.69 Å². The summed E-state index contributed by atoms with van der Waals surface area (Å²) in [5, 5.41) is 3.89. The summed E-state index contributed by atoms with van der Waals surface area (Å²) in [7, 11) is 0. The Morgan fingerprint density at radius 3 is 2.75 bits per heavy atom. The summed E-state index contributed by atoms with van der Waals surface area (Å²) < 4.78 is 5.16. The molecule has 0 saturated carbocycles. The van der Waals surface area contributed by atoms with E-state index in [2.05, 4.69) is 15.1 Å². The van der Waals surface area contributed by atoms with Gasteiger partial charge in [-0.15, -0.1) is 0 Å². The summed E-state index contributed by atoms with van der Waals surface area (Å²) in [5.41, 5.74) is 6.48. The minimum Gasteiger partial charge on any atom is -0.339 e. The Bertz CT molecular complexity index is 452. The van der Waals surface area contributed by atoms with Crippen molar-refractivity contribution in [2.75, 3.05) is 0 Å². The molecule has 5 nitrogen and oxygen atoms in total. The molecule has 0 spiro atoms. The van der Waals surface area contributed by atoms with Gasteiger partial charge < -0.3 is 10.3 Å². The van der Waals surface area contributed by atoms with Gasteiger partial charge in [0.15, 0.2) is 0 Å². The normalized spacial score (nSPS) is 14.7. The topological polar surface area (TPSA) is 77.8 Å². The zero-order chi connectivity index (χ0) is 11.5. The van der Waals surface area contributed by atoms with Gasteiger partial charge in [-0.2, -0.15) is 4.98 Å². The Hall–Kier alpha value is -1.75. The van der Waals surface area contributed by atoms with Crippen LogP contribution in [0.2, 0.25) is 0 Å². The van der Waals surface area contributed by atoms with Gasteiger partial charge in [0.05, 0.1) is 5.92 Å². The number of hydrogen-bond donors (Lipinski definition) is 1. The molecule has 0 amide bonds. The van der Waals surface area contributed by atoms with Crippen molar-refractivity contribution in [3.05, 3.63) is 30.3 Å². The van der Waals surface area contributed by atoms with E-state index in [1.807, 2.05) is 32.0 Å². The third-order valence-corrected chi connectivity index (χ3v) is 2.51. The average Bonchev–Trinajstić information content (AvgIpc) is 2.78. The van der Waals surface area contributed by atoms with E-state index < -0.39 is 0 Å². The van der Waals surface area contributed by atoms with Gasteiger partial charge in [-0.3, -0.25) is 4.98 Å². The lowest BCUT2D eigenvalue weighted by atomic mass is 10.1. The molecule has 2 atom stereocenters. The molecule has 0 fully saturated rings. The number of rotatable bonds is 3. The second-order valence-corrected chi connectivity index (χ2v) is 3.82. The van der Waals surface area contributed by atoms with Crippen molar-refractivity contribution in [1.82, 2.24) is 15.1 Å². The summed E-state index contributed by atoms with van der Waals surface area (Å²) in [6.45, 7) is 3.87. The standard InChI is InChI=1S/C11H14N4O/c1-7(8(2)12)11-14-10(15-16-11)9-5-3-4-6-13-9/h3-8H,12H2,1-2H3. The molecule has 0 saturated heterocycles. The van der Waals surface area contributed by atoms with Crippen LogP contribution in [0.4, 0.5) is 0 Å². The van der Waals surface area contributed by atoms with Crippen molar-refractivity contribution in [1.29, 1.82) is 0 Å². The highest BCUT2D eigenvalue weighted by atomic mass is 16.5. The van der Waals surface area contributed by atoms with E-state index in [9.17, 15) is 0 Å². The molecule has 0 bridgehead atoms. The van der Waals surface area contributed by atoms with Crippen LogP contribution < -0.4 is 5.73 Å². The van der Waals surface area contributed by atoms with E-state index in [4.69, 9.17) is 10.3 Å². The lowest BCUT2D eigenvalue weighted by molar-refractivity contribution is 0.346. The van der Waals surface area contributed by atoms with Gasteiger partial charge in [-0.25, -0.2) is 0 Å². The second kappa shape index (κ2) is 4.40. The van der Waals surface area contributed by atoms with Gasteiger partial charge in [0.2, 0.25) is 11.7 Å². The summed E-state index contributed by atoms with van der Waals surface area (Å²) in [6, 6.07) is 5.55. The molecule has 2 unspecified atom stereocenters. The number of nitrogens with zero attached hydrogens (tertiary/aromatic N) is 3. The first kappa shape index (κ1) is 10.8. The summed E-state index contributed by atoms with van der Waals surface area (Å²) in [4.78, 5) is 8.43. The molecule has 0 radical (unpaired) electrons. The van der Waals surface area contributed by atoms with Crippen molar-refractivity contribution in [3.63, 3.8) is 0 Å². The predicted molar refractivity (Wildman–Crippen MR) is 59.6 cm³/mol. The molecule has 2 aromatic rings. The van der Waals surface area contributed by atoms with Crippen molar-refractivity contribution >= 4 is 0 Å². The van der Waals surface area contributed by atoms with E-state index in [0.717, 1.165) is 0 Å². The minimum absolute atomic E-state index is 0.0166. The molecular formula is C11H14N4O. The van der Waals surface area contributed by atoms with Crippen molar-refractivity contribution < 1.29 is 4.52 Å². The fraction of sp³-hybridized carbons (Fsp3) is 0.364. The second-order valence-electron chi connectivity index (χ2n) is 3.82. The molecule has 2 N–H and O–H groups in total. The quantitative estimate of drug-likeness (QED) is 0.846. The van der Waals surface area contributed by atoms with Gasteiger partial charge in [0, 0.05) is 12.2 Å².